The van der Waals surface area contributed by atoms with Crippen LogP contribution in [-0.4, -0.2) is 0 Å². The molecule has 11 aromatic carbocycles. The van der Waals surface area contributed by atoms with Crippen LogP contribution in [0.25, 0.3) is 111 Å². The average molecular weight is 775 g/mol. The lowest BCUT2D eigenvalue weighted by Gasteiger charge is -2.23. The van der Waals surface area contributed by atoms with Crippen molar-refractivity contribution in [1.82, 2.24) is 0 Å². The van der Waals surface area contributed by atoms with Crippen LogP contribution in [0.5, 0.6) is 0 Å². The molecule has 0 aliphatic heterocycles. The minimum atomic E-state index is -0.0728. The lowest BCUT2D eigenvalue weighted by atomic mass is 9.80. The molecule has 0 unspecified atom stereocenters. The first kappa shape index (κ1) is 35.4. The summed E-state index contributed by atoms with van der Waals surface area (Å²) in [5.41, 5.74) is 15.5. The number of hydrogen-bond donors (Lipinski definition) is 0. The molecule has 0 saturated heterocycles. The summed E-state index contributed by atoms with van der Waals surface area (Å²) in [5.74, 6) is 0. The van der Waals surface area contributed by atoms with Gasteiger partial charge in [-0.15, -0.1) is 0 Å². The number of rotatable bonds is 5. The van der Waals surface area contributed by atoms with Gasteiger partial charge in [0.05, 0.1) is 0 Å². The second-order valence-electron chi connectivity index (χ2n) is 17.1. The summed E-state index contributed by atoms with van der Waals surface area (Å²) in [5, 5.41) is 12.6. The predicted octanol–water partition coefficient (Wildman–Crippen LogP) is 16.9. The van der Waals surface area contributed by atoms with Crippen LogP contribution >= 0.6 is 0 Å². The molecule has 286 valence electrons. The quantitative estimate of drug-likeness (QED) is 0.121. The molecule has 1 aliphatic rings. The van der Waals surface area contributed by atoms with E-state index < -0.39 is 0 Å². The van der Waals surface area contributed by atoms with Crippen LogP contribution in [0.4, 0.5) is 0 Å². The van der Waals surface area contributed by atoms with Gasteiger partial charge in [0.25, 0.3) is 0 Å². The average Bonchev–Trinajstić information content (AvgIpc) is 3.54. The van der Waals surface area contributed by atoms with Gasteiger partial charge in [-0.05, 0) is 127 Å². The van der Waals surface area contributed by atoms with Crippen molar-refractivity contribution in [2.45, 2.75) is 19.3 Å². The minimum Gasteiger partial charge on any atom is -0.0619 e. The Hall–Kier alpha value is -7.54. The van der Waals surface area contributed by atoms with Crippen molar-refractivity contribution in [3.63, 3.8) is 0 Å². The van der Waals surface area contributed by atoms with E-state index >= 15 is 0 Å². The fourth-order valence-electron chi connectivity index (χ4n) is 10.6. The van der Waals surface area contributed by atoms with Gasteiger partial charge in [-0.3, -0.25) is 0 Å². The molecule has 0 aromatic heterocycles. The first-order valence-corrected chi connectivity index (χ1v) is 21.4. The maximum atomic E-state index is 2.47. The van der Waals surface area contributed by atoms with Crippen molar-refractivity contribution in [1.29, 1.82) is 0 Å². The third-order valence-corrected chi connectivity index (χ3v) is 13.5. The number of fused-ring (bicyclic) bond motifs is 8. The highest BCUT2D eigenvalue weighted by molar-refractivity contribution is 6.24. The Bertz CT molecular complexity index is 3550. The molecule has 0 fully saturated rings. The summed E-state index contributed by atoms with van der Waals surface area (Å²) in [7, 11) is 0. The predicted molar refractivity (Wildman–Crippen MR) is 263 cm³/mol. The van der Waals surface area contributed by atoms with Gasteiger partial charge in [-0.1, -0.05) is 226 Å². The molecular weight excluding hydrogens is 733 g/mol. The van der Waals surface area contributed by atoms with Crippen molar-refractivity contribution < 1.29 is 0 Å². The summed E-state index contributed by atoms with van der Waals surface area (Å²) in [4.78, 5) is 0. The standard InChI is InChI=1S/C61H42/c1-61(2)57-29-14-13-23-50(57)51-36-34-42(38-58(51)61)59-52-24-9-11-26-54(52)60(55-27-12-10-25-53(55)59)56-37-33-41(45-20-6-8-22-48(45)56)31-30-40-32-35-49(46-21-7-5-19-44(40)46)47-28-15-17-39-16-3-4-18-43(39)47/h3-38H,1-2H3. The third-order valence-electron chi connectivity index (χ3n) is 13.5. The molecule has 0 heterocycles. The van der Waals surface area contributed by atoms with Gasteiger partial charge in [-0.2, -0.15) is 0 Å². The van der Waals surface area contributed by atoms with Gasteiger partial charge in [0.15, 0.2) is 0 Å². The topological polar surface area (TPSA) is 0 Å². The van der Waals surface area contributed by atoms with Crippen LogP contribution in [0.2, 0.25) is 0 Å². The van der Waals surface area contributed by atoms with E-state index in [9.17, 15) is 0 Å². The Morgan fingerprint density at radius 1 is 0.295 bits per heavy atom. The molecule has 0 heteroatoms. The highest BCUT2D eigenvalue weighted by atomic mass is 14.4. The molecule has 0 bridgehead atoms. The van der Waals surface area contributed by atoms with Crippen LogP contribution in [0.15, 0.2) is 206 Å². The van der Waals surface area contributed by atoms with E-state index in [1.165, 1.54) is 121 Å². The first-order chi connectivity index (χ1) is 30.0. The second-order valence-corrected chi connectivity index (χ2v) is 17.1. The van der Waals surface area contributed by atoms with Crippen molar-refractivity contribution in [2.75, 3.05) is 0 Å². The van der Waals surface area contributed by atoms with Crippen molar-refractivity contribution in [3.05, 3.63) is 229 Å². The summed E-state index contributed by atoms with van der Waals surface area (Å²) in [6, 6.07) is 76.5. The molecule has 0 spiro atoms. The summed E-state index contributed by atoms with van der Waals surface area (Å²) in [6.07, 6.45) is 4.60. The van der Waals surface area contributed by atoms with Crippen molar-refractivity contribution >= 4 is 66.0 Å². The number of hydrogen-bond acceptors (Lipinski definition) is 0. The highest BCUT2D eigenvalue weighted by Crippen LogP contribution is 2.51. The SMILES string of the molecule is CC1(C)c2ccccc2-c2ccc(-c3c4ccccc4c(-c4ccc(C=Cc5ccc(-c6cccc7ccccc67)c6ccccc56)c5ccccc45)c4ccccc34)cc21. The van der Waals surface area contributed by atoms with E-state index in [0.717, 1.165) is 0 Å². The Kier molecular flexibility index (Phi) is 7.99. The summed E-state index contributed by atoms with van der Waals surface area (Å²) < 4.78 is 0. The van der Waals surface area contributed by atoms with E-state index in [1.54, 1.807) is 0 Å². The Morgan fingerprint density at radius 3 is 1.38 bits per heavy atom. The van der Waals surface area contributed by atoms with Crippen LogP contribution in [0.1, 0.15) is 36.1 Å². The van der Waals surface area contributed by atoms with Crippen LogP contribution in [0.3, 0.4) is 0 Å². The van der Waals surface area contributed by atoms with Crippen molar-refractivity contribution in [2.24, 2.45) is 0 Å². The van der Waals surface area contributed by atoms with Gasteiger partial charge < -0.3 is 0 Å². The second kappa shape index (κ2) is 13.8. The van der Waals surface area contributed by atoms with E-state index in [0.29, 0.717) is 0 Å². The van der Waals surface area contributed by atoms with Gasteiger partial charge in [-0.25, -0.2) is 0 Å². The maximum Gasteiger partial charge on any atom is 0.0159 e. The van der Waals surface area contributed by atoms with Gasteiger partial charge in [0.2, 0.25) is 0 Å². The fraction of sp³-hybridized carbons (Fsp3) is 0.0492. The van der Waals surface area contributed by atoms with Crippen molar-refractivity contribution in [3.8, 4) is 44.5 Å². The van der Waals surface area contributed by atoms with E-state index in [1.807, 2.05) is 0 Å². The maximum absolute atomic E-state index is 2.47. The smallest absolute Gasteiger partial charge is 0.0159 e. The zero-order valence-corrected chi connectivity index (χ0v) is 34.3. The fourth-order valence-corrected chi connectivity index (χ4v) is 10.6. The summed E-state index contributed by atoms with van der Waals surface area (Å²) in [6.45, 7) is 4.74. The monoisotopic (exact) mass is 774 g/mol. The third kappa shape index (κ3) is 5.46. The minimum absolute atomic E-state index is 0.0728. The molecule has 1 aliphatic carbocycles. The van der Waals surface area contributed by atoms with Gasteiger partial charge >= 0.3 is 0 Å². The molecule has 0 N–H and O–H groups in total. The molecule has 11 aromatic rings. The first-order valence-electron chi connectivity index (χ1n) is 21.4. The van der Waals surface area contributed by atoms with Crippen LogP contribution in [-0.2, 0) is 5.41 Å². The molecule has 0 atom stereocenters. The summed E-state index contributed by atoms with van der Waals surface area (Å²) >= 11 is 0. The molecule has 0 radical (unpaired) electrons. The molecular formula is C61H42. The zero-order chi connectivity index (χ0) is 40.7. The largest absolute Gasteiger partial charge is 0.0619 e. The molecule has 0 amide bonds. The Balaban J connectivity index is 1.00. The van der Waals surface area contributed by atoms with Gasteiger partial charge in [0.1, 0.15) is 0 Å². The molecule has 0 saturated carbocycles. The van der Waals surface area contributed by atoms with E-state index in [4.69, 9.17) is 0 Å². The van der Waals surface area contributed by atoms with Crippen LogP contribution in [0, 0.1) is 0 Å². The lowest BCUT2D eigenvalue weighted by Crippen LogP contribution is -2.14. The van der Waals surface area contributed by atoms with Gasteiger partial charge in [0, 0.05) is 5.41 Å². The molecule has 12 rings (SSSR count). The van der Waals surface area contributed by atoms with E-state index in [-0.39, 0.29) is 5.41 Å². The lowest BCUT2D eigenvalue weighted by molar-refractivity contribution is 0.660. The highest BCUT2D eigenvalue weighted by Gasteiger charge is 2.35. The van der Waals surface area contributed by atoms with E-state index in [2.05, 4.69) is 232 Å². The molecule has 61 heavy (non-hydrogen) atoms. The Morgan fingerprint density at radius 2 is 0.721 bits per heavy atom. The Labute approximate surface area is 356 Å². The number of benzene rings is 11. The normalized spacial score (nSPS) is 13.1. The molecule has 0 nitrogen and oxygen atoms in total. The van der Waals surface area contributed by atoms with Crippen LogP contribution < -0.4 is 0 Å². The zero-order valence-electron chi connectivity index (χ0n) is 34.3.